The van der Waals surface area contributed by atoms with Gasteiger partial charge in [0.2, 0.25) is 0 Å². The van der Waals surface area contributed by atoms with Crippen LogP contribution in [0, 0.1) is 6.92 Å². The molecule has 1 saturated carbocycles. The van der Waals surface area contributed by atoms with E-state index < -0.39 is 0 Å². The number of hydrogen-bond acceptors (Lipinski definition) is 3. The molecule has 100 valence electrons. The minimum atomic E-state index is 0.726. The fraction of sp³-hybridized carbons (Fsp3) is 0.400. The molecule has 1 aromatic carbocycles. The molecule has 1 aliphatic carbocycles. The zero-order valence-electron chi connectivity index (χ0n) is 11.4. The van der Waals surface area contributed by atoms with Gasteiger partial charge in [0.15, 0.2) is 0 Å². The zero-order valence-corrected chi connectivity index (χ0v) is 11.4. The Morgan fingerprint density at radius 2 is 2.05 bits per heavy atom. The summed E-state index contributed by atoms with van der Waals surface area (Å²) in [7, 11) is 1.68. The van der Waals surface area contributed by atoms with Crippen molar-refractivity contribution in [1.82, 2.24) is 15.1 Å². The number of methoxy groups -OCH3 is 1. The number of nitrogens with one attached hydrogen (secondary N) is 1. The summed E-state index contributed by atoms with van der Waals surface area (Å²) in [6.45, 7) is 3.02. The van der Waals surface area contributed by atoms with Gasteiger partial charge in [-0.15, -0.1) is 0 Å². The second-order valence-electron chi connectivity index (χ2n) is 5.02. The Hall–Kier alpha value is -1.81. The van der Waals surface area contributed by atoms with Crippen molar-refractivity contribution >= 4 is 0 Å². The zero-order chi connectivity index (χ0) is 13.2. The number of benzene rings is 1. The molecule has 1 N–H and O–H groups in total. The quantitative estimate of drug-likeness (QED) is 0.894. The van der Waals surface area contributed by atoms with Crippen LogP contribution >= 0.6 is 0 Å². The highest BCUT2D eigenvalue weighted by Gasteiger charge is 2.20. The van der Waals surface area contributed by atoms with E-state index in [1.807, 2.05) is 35.1 Å². The molecule has 2 aromatic rings. The van der Waals surface area contributed by atoms with Crippen LogP contribution in [0.1, 0.15) is 24.1 Å². The van der Waals surface area contributed by atoms with Crippen LogP contribution in [-0.2, 0) is 6.54 Å². The highest BCUT2D eigenvalue weighted by Crippen LogP contribution is 2.21. The van der Waals surface area contributed by atoms with E-state index in [1.54, 1.807) is 7.11 Å². The first kappa shape index (κ1) is 12.2. The van der Waals surface area contributed by atoms with E-state index >= 15 is 0 Å². The molecule has 0 aliphatic heterocycles. The molecule has 0 bridgehead atoms. The number of nitrogens with zero attached hydrogens (tertiary/aromatic N) is 2. The first-order valence-electron chi connectivity index (χ1n) is 6.69. The fourth-order valence-electron chi connectivity index (χ4n) is 2.14. The van der Waals surface area contributed by atoms with E-state index in [-0.39, 0.29) is 0 Å². The second kappa shape index (κ2) is 5.05. The van der Waals surface area contributed by atoms with E-state index in [0.717, 1.165) is 24.0 Å². The SMILES string of the molecule is COc1ccc(-n2ncc(CNC3CC3)c2C)cc1. The van der Waals surface area contributed by atoms with E-state index in [0.29, 0.717) is 0 Å². The predicted octanol–water partition coefficient (Wildman–Crippen LogP) is 2.44. The maximum absolute atomic E-state index is 5.17. The summed E-state index contributed by atoms with van der Waals surface area (Å²) in [6.07, 6.45) is 4.58. The molecule has 1 aliphatic rings. The van der Waals surface area contributed by atoms with Gasteiger partial charge in [-0.05, 0) is 44.0 Å². The Balaban J connectivity index is 1.79. The fourth-order valence-corrected chi connectivity index (χ4v) is 2.14. The maximum atomic E-state index is 5.17. The van der Waals surface area contributed by atoms with Crippen LogP contribution in [0.3, 0.4) is 0 Å². The van der Waals surface area contributed by atoms with Crippen molar-refractivity contribution in [2.75, 3.05) is 7.11 Å². The highest BCUT2D eigenvalue weighted by molar-refractivity contribution is 5.39. The Labute approximate surface area is 113 Å². The Kier molecular flexibility index (Phi) is 3.25. The summed E-state index contributed by atoms with van der Waals surface area (Å²) in [5.41, 5.74) is 3.53. The van der Waals surface area contributed by atoms with Crippen LogP contribution < -0.4 is 10.1 Å². The molecular weight excluding hydrogens is 238 g/mol. The largest absolute Gasteiger partial charge is 0.497 e. The van der Waals surface area contributed by atoms with Crippen molar-refractivity contribution in [3.63, 3.8) is 0 Å². The van der Waals surface area contributed by atoms with Gasteiger partial charge >= 0.3 is 0 Å². The highest BCUT2D eigenvalue weighted by atomic mass is 16.5. The molecule has 0 saturated heterocycles. The number of ether oxygens (including phenoxy) is 1. The predicted molar refractivity (Wildman–Crippen MR) is 74.7 cm³/mol. The lowest BCUT2D eigenvalue weighted by Gasteiger charge is -2.07. The lowest BCUT2D eigenvalue weighted by molar-refractivity contribution is 0.414. The molecule has 0 amide bonds. The van der Waals surface area contributed by atoms with Gasteiger partial charge < -0.3 is 10.1 Å². The minimum absolute atomic E-state index is 0.726. The third-order valence-corrected chi connectivity index (χ3v) is 3.59. The molecular formula is C15H19N3O. The van der Waals surface area contributed by atoms with Crippen LogP contribution in [0.25, 0.3) is 5.69 Å². The van der Waals surface area contributed by atoms with E-state index in [1.165, 1.54) is 24.1 Å². The van der Waals surface area contributed by atoms with Gasteiger partial charge in [-0.2, -0.15) is 5.10 Å². The summed E-state index contributed by atoms with van der Waals surface area (Å²) in [5, 5.41) is 8.00. The van der Waals surface area contributed by atoms with Gasteiger partial charge in [0.05, 0.1) is 19.0 Å². The summed E-state index contributed by atoms with van der Waals surface area (Å²) < 4.78 is 7.15. The molecule has 0 radical (unpaired) electrons. The molecule has 1 aromatic heterocycles. The molecule has 1 heterocycles. The van der Waals surface area contributed by atoms with Crippen molar-refractivity contribution < 1.29 is 4.74 Å². The summed E-state index contributed by atoms with van der Waals surface area (Å²) in [4.78, 5) is 0. The van der Waals surface area contributed by atoms with E-state index in [4.69, 9.17) is 4.74 Å². The lowest BCUT2D eigenvalue weighted by atomic mass is 10.2. The summed E-state index contributed by atoms with van der Waals surface area (Å²) in [6, 6.07) is 8.69. The van der Waals surface area contributed by atoms with E-state index in [9.17, 15) is 0 Å². The first-order valence-corrected chi connectivity index (χ1v) is 6.69. The molecule has 3 rings (SSSR count). The molecule has 0 unspecified atom stereocenters. The van der Waals surface area contributed by atoms with Gasteiger partial charge in [-0.1, -0.05) is 0 Å². The smallest absolute Gasteiger partial charge is 0.119 e. The molecule has 0 atom stereocenters. The third-order valence-electron chi connectivity index (χ3n) is 3.59. The van der Waals surface area contributed by atoms with Crippen LogP contribution in [0.2, 0.25) is 0 Å². The average molecular weight is 257 g/mol. The van der Waals surface area contributed by atoms with Crippen molar-refractivity contribution in [3.8, 4) is 11.4 Å². The standard InChI is InChI=1S/C15H19N3O/c1-11-12(9-16-13-3-4-13)10-17-18(11)14-5-7-15(19-2)8-6-14/h5-8,10,13,16H,3-4,9H2,1-2H3. The van der Waals surface area contributed by atoms with Crippen molar-refractivity contribution in [2.24, 2.45) is 0 Å². The molecule has 4 heteroatoms. The van der Waals surface area contributed by atoms with Gasteiger partial charge in [0.25, 0.3) is 0 Å². The lowest BCUT2D eigenvalue weighted by Crippen LogP contribution is -2.15. The molecule has 1 fully saturated rings. The third kappa shape index (κ3) is 2.63. The summed E-state index contributed by atoms with van der Waals surface area (Å²) in [5.74, 6) is 0.865. The maximum Gasteiger partial charge on any atom is 0.119 e. The topological polar surface area (TPSA) is 39.1 Å². The molecule has 0 spiro atoms. The monoisotopic (exact) mass is 257 g/mol. The van der Waals surface area contributed by atoms with Crippen LogP contribution in [0.15, 0.2) is 30.5 Å². The van der Waals surface area contributed by atoms with Crippen LogP contribution in [0.5, 0.6) is 5.75 Å². The Morgan fingerprint density at radius 3 is 2.68 bits per heavy atom. The number of rotatable bonds is 5. The van der Waals surface area contributed by atoms with Crippen molar-refractivity contribution in [2.45, 2.75) is 32.4 Å². The number of aromatic nitrogens is 2. The Bertz CT molecular complexity index is 555. The second-order valence-corrected chi connectivity index (χ2v) is 5.02. The van der Waals surface area contributed by atoms with Gasteiger partial charge in [-0.25, -0.2) is 4.68 Å². The van der Waals surface area contributed by atoms with Gasteiger partial charge in [0, 0.05) is 23.8 Å². The molecule has 19 heavy (non-hydrogen) atoms. The molecule has 4 nitrogen and oxygen atoms in total. The first-order chi connectivity index (χ1) is 9.28. The Morgan fingerprint density at radius 1 is 1.32 bits per heavy atom. The normalized spacial score (nSPS) is 14.6. The average Bonchev–Trinajstić information content (AvgIpc) is 3.20. The summed E-state index contributed by atoms with van der Waals surface area (Å²) >= 11 is 0. The van der Waals surface area contributed by atoms with Gasteiger partial charge in [0.1, 0.15) is 5.75 Å². The van der Waals surface area contributed by atoms with Crippen LogP contribution in [-0.4, -0.2) is 22.9 Å². The van der Waals surface area contributed by atoms with Crippen molar-refractivity contribution in [1.29, 1.82) is 0 Å². The van der Waals surface area contributed by atoms with Crippen molar-refractivity contribution in [3.05, 3.63) is 41.7 Å². The number of hydrogen-bond donors (Lipinski definition) is 1. The minimum Gasteiger partial charge on any atom is -0.497 e. The van der Waals surface area contributed by atoms with Crippen LogP contribution in [0.4, 0.5) is 0 Å². The van der Waals surface area contributed by atoms with Gasteiger partial charge in [-0.3, -0.25) is 0 Å². The van der Waals surface area contributed by atoms with E-state index in [2.05, 4.69) is 17.3 Å².